The van der Waals surface area contributed by atoms with Crippen LogP contribution >= 0.6 is 0 Å². The molecule has 0 saturated heterocycles. The van der Waals surface area contributed by atoms with Gasteiger partial charge in [-0.15, -0.1) is 0 Å². The molecule has 2 aromatic carbocycles. The zero-order valence-corrected chi connectivity index (χ0v) is 20.3. The number of nitriles is 1. The van der Waals surface area contributed by atoms with Crippen molar-refractivity contribution in [3.63, 3.8) is 0 Å². The lowest BCUT2D eigenvalue weighted by atomic mass is 9.83. The molecule has 0 fully saturated rings. The molecule has 34 heavy (non-hydrogen) atoms. The summed E-state index contributed by atoms with van der Waals surface area (Å²) in [7, 11) is 0. The number of ether oxygens (including phenoxy) is 5. The first-order chi connectivity index (χ1) is 16.6. The van der Waals surface area contributed by atoms with Crippen molar-refractivity contribution in [2.45, 2.75) is 39.5 Å². The average Bonchev–Trinajstić information content (AvgIpc) is 2.86. The minimum absolute atomic E-state index is 0.279. The van der Waals surface area contributed by atoms with Crippen LogP contribution in [0.2, 0.25) is 0 Å². The third kappa shape index (κ3) is 4.94. The number of hydrogen-bond acceptors (Lipinski definition) is 6. The molecule has 180 valence electrons. The summed E-state index contributed by atoms with van der Waals surface area (Å²) in [6.07, 6.45) is 3.86. The van der Waals surface area contributed by atoms with E-state index in [4.69, 9.17) is 23.7 Å². The second-order valence-corrected chi connectivity index (χ2v) is 7.53. The predicted octanol–water partition coefficient (Wildman–Crippen LogP) is 5.78. The first-order valence-corrected chi connectivity index (χ1v) is 11.8. The molecule has 0 amide bonds. The van der Waals surface area contributed by atoms with E-state index in [1.165, 1.54) is 0 Å². The van der Waals surface area contributed by atoms with E-state index < -0.39 is 17.7 Å². The van der Waals surface area contributed by atoms with Crippen LogP contribution < -0.4 is 0 Å². The summed E-state index contributed by atoms with van der Waals surface area (Å²) in [6, 6.07) is 21.7. The van der Waals surface area contributed by atoms with E-state index in [2.05, 4.69) is 6.07 Å². The highest BCUT2D eigenvalue weighted by molar-refractivity contribution is 5.70. The fraction of sp³-hybridized carbons (Fsp3) is 0.393. The van der Waals surface area contributed by atoms with Crippen molar-refractivity contribution in [3.8, 4) is 6.07 Å². The number of nitrogens with zero attached hydrogens (tertiary/aromatic N) is 1. The average molecular weight is 464 g/mol. The molecule has 0 bridgehead atoms. The Morgan fingerprint density at radius 1 is 0.824 bits per heavy atom. The van der Waals surface area contributed by atoms with E-state index in [1.54, 1.807) is 0 Å². The summed E-state index contributed by atoms with van der Waals surface area (Å²) in [6.45, 7) is 8.58. The van der Waals surface area contributed by atoms with Crippen LogP contribution in [0.25, 0.3) is 11.8 Å². The van der Waals surface area contributed by atoms with Crippen LogP contribution in [0, 0.1) is 17.2 Å². The Bertz CT molecular complexity index is 998. The smallest absolute Gasteiger partial charge is 0.385 e. The molecule has 1 heterocycles. The van der Waals surface area contributed by atoms with Crippen molar-refractivity contribution in [3.05, 3.63) is 83.4 Å². The monoisotopic (exact) mass is 463 g/mol. The highest BCUT2D eigenvalue weighted by Crippen LogP contribution is 2.51. The molecule has 0 aliphatic carbocycles. The predicted molar refractivity (Wildman–Crippen MR) is 131 cm³/mol. The summed E-state index contributed by atoms with van der Waals surface area (Å²) in [5.74, 6) is -3.60. The van der Waals surface area contributed by atoms with E-state index >= 15 is 0 Å². The van der Waals surface area contributed by atoms with Crippen molar-refractivity contribution >= 4 is 11.8 Å². The molecule has 1 aliphatic heterocycles. The van der Waals surface area contributed by atoms with Crippen LogP contribution in [0.15, 0.2) is 72.3 Å². The molecule has 6 heteroatoms. The SMILES string of the molecule is CCOC1(OCC)OC(c2ccccc2)=C(C#N)[C@@H](/C=C\c2ccccc2)C1(OCC)OCC. The minimum atomic E-state index is -1.74. The molecule has 2 aromatic rings. The fourth-order valence-corrected chi connectivity index (χ4v) is 4.21. The molecule has 1 aliphatic rings. The summed E-state index contributed by atoms with van der Waals surface area (Å²) in [5.41, 5.74) is 2.09. The molecular weight excluding hydrogens is 430 g/mol. The van der Waals surface area contributed by atoms with E-state index in [0.29, 0.717) is 24.5 Å². The lowest BCUT2D eigenvalue weighted by Gasteiger charge is -2.52. The largest absolute Gasteiger partial charge is 0.433 e. The third-order valence-electron chi connectivity index (χ3n) is 5.45. The zero-order chi connectivity index (χ0) is 24.4. The van der Waals surface area contributed by atoms with Gasteiger partial charge in [0, 0.05) is 18.8 Å². The Labute approximate surface area is 202 Å². The maximum atomic E-state index is 10.4. The van der Waals surface area contributed by atoms with Gasteiger partial charge in [-0.2, -0.15) is 5.26 Å². The number of rotatable bonds is 11. The van der Waals surface area contributed by atoms with Crippen LogP contribution in [-0.2, 0) is 23.7 Å². The maximum Gasteiger partial charge on any atom is 0.385 e. The number of hydrogen-bond donors (Lipinski definition) is 0. The van der Waals surface area contributed by atoms with Gasteiger partial charge in [0.05, 0.1) is 30.8 Å². The Kier molecular flexibility index (Phi) is 9.03. The van der Waals surface area contributed by atoms with E-state index in [-0.39, 0.29) is 13.2 Å². The fourth-order valence-electron chi connectivity index (χ4n) is 4.21. The van der Waals surface area contributed by atoms with Crippen molar-refractivity contribution < 1.29 is 23.7 Å². The van der Waals surface area contributed by atoms with Crippen LogP contribution in [0.5, 0.6) is 0 Å². The highest BCUT2D eigenvalue weighted by atomic mass is 16.9. The van der Waals surface area contributed by atoms with E-state index in [0.717, 1.165) is 11.1 Å². The number of benzene rings is 2. The van der Waals surface area contributed by atoms with Gasteiger partial charge in [-0.25, -0.2) is 0 Å². The molecule has 0 spiro atoms. The lowest BCUT2D eigenvalue weighted by molar-refractivity contribution is -0.492. The van der Waals surface area contributed by atoms with Gasteiger partial charge in [0.1, 0.15) is 5.76 Å². The molecule has 0 radical (unpaired) electrons. The Balaban J connectivity index is 2.33. The van der Waals surface area contributed by atoms with E-state index in [1.807, 2.05) is 101 Å². The molecular formula is C28H33NO5. The van der Waals surface area contributed by atoms with Gasteiger partial charge in [0.15, 0.2) is 0 Å². The van der Waals surface area contributed by atoms with Gasteiger partial charge >= 0.3 is 5.97 Å². The van der Waals surface area contributed by atoms with Gasteiger partial charge in [0.2, 0.25) is 0 Å². The van der Waals surface area contributed by atoms with Gasteiger partial charge in [-0.3, -0.25) is 0 Å². The van der Waals surface area contributed by atoms with Crippen LogP contribution in [0.1, 0.15) is 38.8 Å². The summed E-state index contributed by atoms with van der Waals surface area (Å²) < 4.78 is 31.5. The molecule has 1 atom stereocenters. The van der Waals surface area contributed by atoms with Crippen LogP contribution in [-0.4, -0.2) is 38.2 Å². The normalized spacial score (nSPS) is 19.1. The molecule has 0 aromatic heterocycles. The molecule has 3 rings (SSSR count). The van der Waals surface area contributed by atoms with Crippen LogP contribution in [0.3, 0.4) is 0 Å². The zero-order valence-electron chi connectivity index (χ0n) is 20.3. The summed E-state index contributed by atoms with van der Waals surface area (Å²) >= 11 is 0. The first kappa shape index (κ1) is 25.7. The van der Waals surface area contributed by atoms with Crippen molar-refractivity contribution in [1.29, 1.82) is 5.26 Å². The van der Waals surface area contributed by atoms with Crippen molar-refractivity contribution in [1.82, 2.24) is 0 Å². The van der Waals surface area contributed by atoms with E-state index in [9.17, 15) is 5.26 Å². The minimum Gasteiger partial charge on any atom is -0.433 e. The topological polar surface area (TPSA) is 69.9 Å². The second kappa shape index (κ2) is 12.0. The molecule has 0 N–H and O–H groups in total. The Morgan fingerprint density at radius 2 is 1.35 bits per heavy atom. The first-order valence-electron chi connectivity index (χ1n) is 11.8. The van der Waals surface area contributed by atoms with Gasteiger partial charge in [-0.05, 0) is 33.3 Å². The highest BCUT2D eigenvalue weighted by Gasteiger charge is 2.67. The lowest BCUT2D eigenvalue weighted by Crippen LogP contribution is -2.67. The summed E-state index contributed by atoms with van der Waals surface area (Å²) in [5, 5.41) is 10.4. The molecule has 0 saturated carbocycles. The molecule has 0 unspecified atom stereocenters. The van der Waals surface area contributed by atoms with Gasteiger partial charge in [-0.1, -0.05) is 72.8 Å². The van der Waals surface area contributed by atoms with Crippen LogP contribution in [0.4, 0.5) is 0 Å². The Hall–Kier alpha value is -2.95. The van der Waals surface area contributed by atoms with Crippen molar-refractivity contribution in [2.75, 3.05) is 26.4 Å². The maximum absolute atomic E-state index is 10.4. The Morgan fingerprint density at radius 3 is 1.85 bits per heavy atom. The quantitative estimate of drug-likeness (QED) is 0.394. The summed E-state index contributed by atoms with van der Waals surface area (Å²) in [4.78, 5) is 0. The second-order valence-electron chi connectivity index (χ2n) is 7.53. The molecule has 6 nitrogen and oxygen atoms in total. The van der Waals surface area contributed by atoms with Gasteiger partial charge in [0.25, 0.3) is 5.79 Å². The van der Waals surface area contributed by atoms with Gasteiger partial charge < -0.3 is 23.7 Å². The standard InChI is InChI=1S/C28H33NO5/c1-5-30-27(31-6-2)25(20-19-22-15-11-9-12-16-22)24(21-29)26(23-17-13-10-14-18-23)34-28(27,32-7-3)33-8-4/h9-20,25H,5-8H2,1-4H3/b20-19-/t25-/m1/s1. The third-order valence-corrected chi connectivity index (χ3v) is 5.45. The van der Waals surface area contributed by atoms with Crippen molar-refractivity contribution in [2.24, 2.45) is 5.92 Å².